The van der Waals surface area contributed by atoms with Crippen molar-refractivity contribution in [2.45, 2.75) is 6.92 Å². The summed E-state index contributed by atoms with van der Waals surface area (Å²) in [5.74, 6) is 0.566. The van der Waals surface area contributed by atoms with E-state index < -0.39 is 0 Å². The molecular weight excluding hydrogens is 204 g/mol. The number of ether oxygens (including phenoxy) is 1. The Labute approximate surface area is 96.4 Å². The van der Waals surface area contributed by atoms with Crippen LogP contribution in [-0.2, 0) is 0 Å². The van der Waals surface area contributed by atoms with E-state index in [0.717, 1.165) is 5.69 Å². The predicted octanol–water partition coefficient (Wildman–Crippen LogP) is 2.20. The van der Waals surface area contributed by atoms with Crippen LogP contribution in [0.3, 0.4) is 0 Å². The van der Waals surface area contributed by atoms with E-state index in [-0.39, 0.29) is 6.09 Å². The molecule has 0 unspecified atom stereocenters. The molecule has 0 heterocycles. The molecule has 0 aromatic heterocycles. The molecule has 4 heteroatoms. The van der Waals surface area contributed by atoms with Gasteiger partial charge in [-0.3, -0.25) is 0 Å². The molecule has 1 rings (SSSR count). The molecule has 0 fully saturated rings. The van der Waals surface area contributed by atoms with Gasteiger partial charge in [0.05, 0.1) is 0 Å². The van der Waals surface area contributed by atoms with Crippen molar-refractivity contribution in [3.05, 3.63) is 24.3 Å². The predicted molar refractivity (Wildman–Crippen MR) is 65.1 cm³/mol. The number of nitrogens with zero attached hydrogens (tertiary/aromatic N) is 2. The molecule has 0 N–H and O–H groups in total. The summed E-state index contributed by atoms with van der Waals surface area (Å²) in [7, 11) is 5.59. The van der Waals surface area contributed by atoms with Crippen LogP contribution in [0.15, 0.2) is 24.3 Å². The number of carbonyl (C=O) groups is 1. The Bertz CT molecular complexity index is 364. The lowest BCUT2D eigenvalue weighted by molar-refractivity contribution is 0.165. The molecule has 1 amide bonds. The Hall–Kier alpha value is -1.71. The zero-order chi connectivity index (χ0) is 12.1. The van der Waals surface area contributed by atoms with E-state index in [1.54, 1.807) is 13.1 Å². The molecule has 1 aromatic rings. The first-order chi connectivity index (χ1) is 7.54. The zero-order valence-corrected chi connectivity index (χ0v) is 10.2. The quantitative estimate of drug-likeness (QED) is 0.786. The smallest absolute Gasteiger partial charge is 0.410 e. The van der Waals surface area contributed by atoms with Gasteiger partial charge in [-0.25, -0.2) is 4.79 Å². The Morgan fingerprint density at radius 2 is 2.00 bits per heavy atom. The summed E-state index contributed by atoms with van der Waals surface area (Å²) in [6, 6.07) is 7.43. The Morgan fingerprint density at radius 1 is 1.31 bits per heavy atom. The number of benzene rings is 1. The minimum absolute atomic E-state index is 0.335. The minimum Gasteiger partial charge on any atom is -0.410 e. The van der Waals surface area contributed by atoms with Gasteiger partial charge in [0.2, 0.25) is 0 Å². The second-order valence-electron chi connectivity index (χ2n) is 3.77. The second kappa shape index (κ2) is 5.39. The lowest BCUT2D eigenvalue weighted by Crippen LogP contribution is -2.29. The van der Waals surface area contributed by atoms with Crippen molar-refractivity contribution in [2.75, 3.05) is 32.6 Å². The third-order valence-corrected chi connectivity index (χ3v) is 2.33. The third-order valence-electron chi connectivity index (χ3n) is 2.33. The molecule has 0 aliphatic heterocycles. The summed E-state index contributed by atoms with van der Waals surface area (Å²) < 4.78 is 5.22. The molecule has 0 atom stereocenters. The number of rotatable bonds is 3. The van der Waals surface area contributed by atoms with E-state index in [4.69, 9.17) is 4.74 Å². The SMILES string of the molecule is CCN(C)C(=O)Oc1cccc(N(C)C)c1. The fraction of sp³-hybridized carbons (Fsp3) is 0.417. The first kappa shape index (κ1) is 12.4. The van der Waals surface area contributed by atoms with Gasteiger partial charge in [0.25, 0.3) is 0 Å². The number of anilines is 1. The van der Waals surface area contributed by atoms with Crippen LogP contribution < -0.4 is 9.64 Å². The molecule has 16 heavy (non-hydrogen) atoms. The lowest BCUT2D eigenvalue weighted by Gasteiger charge is -2.16. The van der Waals surface area contributed by atoms with Gasteiger partial charge in [0, 0.05) is 39.4 Å². The van der Waals surface area contributed by atoms with Crippen molar-refractivity contribution in [3.8, 4) is 5.75 Å². The minimum atomic E-state index is -0.335. The highest BCUT2D eigenvalue weighted by atomic mass is 16.6. The van der Waals surface area contributed by atoms with E-state index in [2.05, 4.69) is 0 Å². The summed E-state index contributed by atoms with van der Waals surface area (Å²) in [5.41, 5.74) is 1.00. The first-order valence-corrected chi connectivity index (χ1v) is 5.25. The Morgan fingerprint density at radius 3 is 2.56 bits per heavy atom. The summed E-state index contributed by atoms with van der Waals surface area (Å²) in [6.07, 6.45) is -0.335. The van der Waals surface area contributed by atoms with Gasteiger partial charge in [-0.15, -0.1) is 0 Å². The molecule has 0 bridgehead atoms. The fourth-order valence-corrected chi connectivity index (χ4v) is 1.13. The third kappa shape index (κ3) is 3.15. The Balaban J connectivity index is 2.74. The highest BCUT2D eigenvalue weighted by Crippen LogP contribution is 2.19. The topological polar surface area (TPSA) is 32.8 Å². The van der Waals surface area contributed by atoms with Crippen LogP contribution in [0.5, 0.6) is 5.75 Å². The molecule has 0 spiro atoms. The maximum atomic E-state index is 11.5. The molecule has 0 saturated carbocycles. The Kier molecular flexibility index (Phi) is 4.17. The number of amides is 1. The zero-order valence-electron chi connectivity index (χ0n) is 10.2. The van der Waals surface area contributed by atoms with Crippen molar-refractivity contribution in [3.63, 3.8) is 0 Å². The largest absolute Gasteiger partial charge is 0.414 e. The van der Waals surface area contributed by atoms with Crippen LogP contribution in [0.1, 0.15) is 6.92 Å². The van der Waals surface area contributed by atoms with Gasteiger partial charge >= 0.3 is 6.09 Å². The van der Waals surface area contributed by atoms with Crippen molar-refractivity contribution in [2.24, 2.45) is 0 Å². The molecule has 4 nitrogen and oxygen atoms in total. The summed E-state index contributed by atoms with van der Waals surface area (Å²) in [6.45, 7) is 2.53. The van der Waals surface area contributed by atoms with E-state index in [0.29, 0.717) is 12.3 Å². The molecule has 0 saturated heterocycles. The van der Waals surface area contributed by atoms with Gasteiger partial charge in [-0.2, -0.15) is 0 Å². The van der Waals surface area contributed by atoms with Crippen molar-refractivity contribution in [1.29, 1.82) is 0 Å². The number of hydrogen-bond donors (Lipinski definition) is 0. The van der Waals surface area contributed by atoms with Crippen LogP contribution in [0.2, 0.25) is 0 Å². The normalized spacial score (nSPS) is 9.75. The highest BCUT2D eigenvalue weighted by molar-refractivity contribution is 5.70. The van der Waals surface area contributed by atoms with Crippen molar-refractivity contribution in [1.82, 2.24) is 4.90 Å². The standard InChI is InChI=1S/C12H18N2O2/c1-5-14(4)12(15)16-11-8-6-7-10(9-11)13(2)3/h6-9H,5H2,1-4H3. The maximum Gasteiger partial charge on any atom is 0.414 e. The van der Waals surface area contributed by atoms with Crippen molar-refractivity contribution >= 4 is 11.8 Å². The van der Waals surface area contributed by atoms with Crippen LogP contribution in [0.4, 0.5) is 10.5 Å². The highest BCUT2D eigenvalue weighted by Gasteiger charge is 2.09. The molecule has 0 radical (unpaired) electrons. The molecule has 88 valence electrons. The van der Waals surface area contributed by atoms with E-state index in [9.17, 15) is 4.79 Å². The monoisotopic (exact) mass is 222 g/mol. The van der Waals surface area contributed by atoms with Gasteiger partial charge in [-0.05, 0) is 19.1 Å². The van der Waals surface area contributed by atoms with E-state index in [1.807, 2.05) is 44.1 Å². The lowest BCUT2D eigenvalue weighted by atomic mass is 10.3. The summed E-state index contributed by atoms with van der Waals surface area (Å²) in [5, 5.41) is 0. The van der Waals surface area contributed by atoms with Crippen molar-refractivity contribution < 1.29 is 9.53 Å². The summed E-state index contributed by atoms with van der Waals surface area (Å²) in [4.78, 5) is 15.0. The molecule has 0 aliphatic carbocycles. The van der Waals surface area contributed by atoms with Crippen LogP contribution in [0.25, 0.3) is 0 Å². The van der Waals surface area contributed by atoms with Gasteiger partial charge in [-0.1, -0.05) is 6.07 Å². The second-order valence-corrected chi connectivity index (χ2v) is 3.77. The maximum absolute atomic E-state index is 11.5. The van der Waals surface area contributed by atoms with Gasteiger partial charge in [0.1, 0.15) is 5.75 Å². The average molecular weight is 222 g/mol. The molecular formula is C12H18N2O2. The number of carbonyl (C=O) groups excluding carboxylic acids is 1. The van der Waals surface area contributed by atoms with E-state index >= 15 is 0 Å². The van der Waals surface area contributed by atoms with Crippen LogP contribution in [0, 0.1) is 0 Å². The average Bonchev–Trinajstić information content (AvgIpc) is 2.28. The van der Waals surface area contributed by atoms with E-state index in [1.165, 1.54) is 4.90 Å². The molecule has 0 aliphatic rings. The first-order valence-electron chi connectivity index (χ1n) is 5.25. The fourth-order valence-electron chi connectivity index (χ4n) is 1.13. The molecule has 1 aromatic carbocycles. The number of hydrogen-bond acceptors (Lipinski definition) is 3. The van der Waals surface area contributed by atoms with Crippen LogP contribution in [-0.4, -0.2) is 38.7 Å². The van der Waals surface area contributed by atoms with Crippen LogP contribution >= 0.6 is 0 Å². The van der Waals surface area contributed by atoms with Gasteiger partial charge in [0.15, 0.2) is 0 Å². The summed E-state index contributed by atoms with van der Waals surface area (Å²) >= 11 is 0. The van der Waals surface area contributed by atoms with Gasteiger partial charge < -0.3 is 14.5 Å².